The van der Waals surface area contributed by atoms with E-state index >= 15 is 0 Å². The van der Waals surface area contributed by atoms with E-state index in [0.717, 1.165) is 0 Å². The molecule has 0 amide bonds. The first kappa shape index (κ1) is 1.70. The topological polar surface area (TPSA) is 21.3 Å². The van der Waals surface area contributed by atoms with Gasteiger partial charge in [0.25, 0.3) is 0 Å². The van der Waals surface area contributed by atoms with Crippen molar-refractivity contribution in [1.29, 1.82) is 0 Å². The minimum absolute atomic E-state index is 0.0970. The predicted octanol–water partition coefficient (Wildman–Crippen LogP) is 0.383. The summed E-state index contributed by atoms with van der Waals surface area (Å²) in [7, 11) is 0. The SMILES string of the molecule is [2H]C([2H])([2H])C1OCCNC1([2H])C([2H])([2H])[2H]. The molecular weight excluding hydrogens is 102 g/mol. The molecule has 1 rings (SSSR count). The first-order valence-electron chi connectivity index (χ1n) is 5.96. The quantitative estimate of drug-likeness (QED) is 0.501. The Bertz CT molecular complexity index is 237. The van der Waals surface area contributed by atoms with Gasteiger partial charge in [-0.2, -0.15) is 0 Å². The van der Waals surface area contributed by atoms with Crippen LogP contribution in [-0.2, 0) is 4.74 Å². The molecule has 0 radical (unpaired) electrons. The van der Waals surface area contributed by atoms with Crippen molar-refractivity contribution in [1.82, 2.24) is 5.32 Å². The van der Waals surface area contributed by atoms with Gasteiger partial charge in [0.05, 0.1) is 12.7 Å². The van der Waals surface area contributed by atoms with Crippen LogP contribution in [-0.4, -0.2) is 25.3 Å². The molecule has 0 aliphatic carbocycles. The van der Waals surface area contributed by atoms with Crippen molar-refractivity contribution in [2.45, 2.75) is 25.8 Å². The van der Waals surface area contributed by atoms with Crippen LogP contribution in [0.25, 0.3) is 0 Å². The Morgan fingerprint density at radius 3 is 3.50 bits per heavy atom. The fraction of sp³-hybridized carbons (Fsp3) is 1.00. The maximum atomic E-state index is 7.73. The van der Waals surface area contributed by atoms with E-state index in [0.29, 0.717) is 0 Å². The lowest BCUT2D eigenvalue weighted by Gasteiger charge is -2.26. The summed E-state index contributed by atoms with van der Waals surface area (Å²) in [4.78, 5) is 0. The van der Waals surface area contributed by atoms with Gasteiger partial charge in [-0.3, -0.25) is 0 Å². The second kappa shape index (κ2) is 2.46. The maximum Gasteiger partial charge on any atom is 0.0697 e. The van der Waals surface area contributed by atoms with Crippen molar-refractivity contribution >= 4 is 0 Å². The lowest BCUT2D eigenvalue weighted by atomic mass is 10.2. The number of ether oxygens (including phenoxy) is 1. The summed E-state index contributed by atoms with van der Waals surface area (Å²) in [6, 6.07) is -2.27. The molecule has 0 aromatic rings. The largest absolute Gasteiger partial charge is 0.376 e. The number of morpholine rings is 1. The molecule has 2 unspecified atom stereocenters. The molecule has 0 aromatic heterocycles. The molecule has 1 fully saturated rings. The molecule has 8 heavy (non-hydrogen) atoms. The van der Waals surface area contributed by atoms with Crippen LogP contribution < -0.4 is 5.32 Å². The van der Waals surface area contributed by atoms with Crippen molar-refractivity contribution in [2.75, 3.05) is 13.2 Å². The van der Waals surface area contributed by atoms with Crippen LogP contribution in [0, 0.1) is 0 Å². The summed E-state index contributed by atoms with van der Waals surface area (Å²) < 4.78 is 55.7. The van der Waals surface area contributed by atoms with E-state index in [4.69, 9.17) is 14.3 Å². The Kier molecular flexibility index (Phi) is 0.525. The molecule has 1 aliphatic rings. The average molecular weight is 122 g/mol. The molecule has 48 valence electrons. The number of hydrogen-bond donors (Lipinski definition) is 1. The number of hydrogen-bond acceptors (Lipinski definition) is 2. The van der Waals surface area contributed by atoms with Gasteiger partial charge in [-0.1, -0.05) is 0 Å². The minimum atomic E-state index is -2.74. The van der Waals surface area contributed by atoms with Crippen LogP contribution >= 0.6 is 0 Å². The second-order valence-electron chi connectivity index (χ2n) is 1.59. The summed E-state index contributed by atoms with van der Waals surface area (Å²) >= 11 is 0. The first-order valence-corrected chi connectivity index (χ1v) is 2.46. The number of rotatable bonds is 0. The van der Waals surface area contributed by atoms with Gasteiger partial charge < -0.3 is 10.1 Å². The van der Waals surface area contributed by atoms with Gasteiger partial charge in [-0.15, -0.1) is 0 Å². The predicted molar refractivity (Wildman–Crippen MR) is 32.9 cm³/mol. The van der Waals surface area contributed by atoms with Crippen molar-refractivity contribution in [3.63, 3.8) is 0 Å². The average Bonchev–Trinajstić information content (AvgIpc) is 2.00. The highest BCUT2D eigenvalue weighted by molar-refractivity contribution is 4.71. The molecule has 1 saturated heterocycles. The standard InChI is InChI=1S/C6H13NO/c1-5-6(2)8-4-3-7-5/h5-7H,3-4H2,1-2H3/i1D3,2D3,5D. The van der Waals surface area contributed by atoms with Crippen LogP contribution in [0.1, 0.15) is 23.3 Å². The van der Waals surface area contributed by atoms with Crippen LogP contribution in [0.3, 0.4) is 0 Å². The highest BCUT2D eigenvalue weighted by Crippen LogP contribution is 2.00. The molecule has 0 aromatic carbocycles. The zero-order valence-corrected chi connectivity index (χ0v) is 4.40. The van der Waals surface area contributed by atoms with Gasteiger partial charge in [0, 0.05) is 22.2 Å². The van der Waals surface area contributed by atoms with Crippen molar-refractivity contribution in [3.8, 4) is 0 Å². The molecule has 1 heterocycles. The maximum absolute atomic E-state index is 7.73. The van der Waals surface area contributed by atoms with E-state index in [2.05, 4.69) is 5.32 Å². The molecule has 0 spiro atoms. The van der Waals surface area contributed by atoms with Crippen molar-refractivity contribution < 1.29 is 14.3 Å². The molecule has 1 N–H and O–H groups in total. The van der Waals surface area contributed by atoms with Crippen LogP contribution in [0.2, 0.25) is 0 Å². The summed E-state index contributed by atoms with van der Waals surface area (Å²) in [6.07, 6.45) is -1.63. The van der Waals surface area contributed by atoms with E-state index in [1.807, 2.05) is 0 Å². The van der Waals surface area contributed by atoms with Gasteiger partial charge in [0.15, 0.2) is 0 Å². The zero-order valence-electron chi connectivity index (χ0n) is 11.4. The van der Waals surface area contributed by atoms with E-state index in [1.54, 1.807) is 0 Å². The molecule has 1 aliphatic heterocycles. The van der Waals surface area contributed by atoms with Crippen LogP contribution in [0.15, 0.2) is 0 Å². The Labute approximate surface area is 60.1 Å². The van der Waals surface area contributed by atoms with E-state index in [1.165, 1.54) is 0 Å². The highest BCUT2D eigenvalue weighted by atomic mass is 16.5. The molecule has 0 saturated carbocycles. The number of nitrogens with one attached hydrogen (secondary N) is 1. The third-order valence-corrected chi connectivity index (χ3v) is 0.964. The second-order valence-corrected chi connectivity index (χ2v) is 1.59. The van der Waals surface area contributed by atoms with E-state index in [-0.39, 0.29) is 13.2 Å². The van der Waals surface area contributed by atoms with Crippen molar-refractivity contribution in [2.24, 2.45) is 0 Å². The smallest absolute Gasteiger partial charge is 0.0697 e. The Morgan fingerprint density at radius 1 is 1.88 bits per heavy atom. The molecule has 2 heteroatoms. The zero-order chi connectivity index (χ0) is 11.9. The van der Waals surface area contributed by atoms with Crippen LogP contribution in [0.5, 0.6) is 0 Å². The lowest BCUT2D eigenvalue weighted by molar-refractivity contribution is 0.0135. The monoisotopic (exact) mass is 122 g/mol. The van der Waals surface area contributed by atoms with Gasteiger partial charge in [-0.25, -0.2) is 0 Å². The molecular formula is C6H13NO. The fourth-order valence-electron chi connectivity index (χ4n) is 0.539. The van der Waals surface area contributed by atoms with Crippen LogP contribution in [0.4, 0.5) is 0 Å². The third kappa shape index (κ3) is 1.20. The summed E-state index contributed by atoms with van der Waals surface area (Å²) in [5.41, 5.74) is 0. The van der Waals surface area contributed by atoms with Gasteiger partial charge >= 0.3 is 0 Å². The highest BCUT2D eigenvalue weighted by Gasteiger charge is 2.15. The van der Waals surface area contributed by atoms with Gasteiger partial charge in [0.2, 0.25) is 0 Å². The third-order valence-electron chi connectivity index (χ3n) is 0.964. The minimum Gasteiger partial charge on any atom is -0.376 e. The molecule has 2 nitrogen and oxygen atoms in total. The summed E-state index contributed by atoms with van der Waals surface area (Å²) in [5, 5.41) is 2.41. The van der Waals surface area contributed by atoms with Gasteiger partial charge in [0.1, 0.15) is 0 Å². The summed E-state index contributed by atoms with van der Waals surface area (Å²) in [6.45, 7) is -5.11. The molecule has 2 atom stereocenters. The Balaban J connectivity index is 3.02. The van der Waals surface area contributed by atoms with Gasteiger partial charge in [-0.05, 0) is 13.7 Å². The van der Waals surface area contributed by atoms with E-state index in [9.17, 15) is 0 Å². The summed E-state index contributed by atoms with van der Waals surface area (Å²) in [5.74, 6) is 0. The fourth-order valence-corrected chi connectivity index (χ4v) is 0.539. The normalized spacial score (nSPS) is 65.0. The Hall–Kier alpha value is -0.0800. The molecule has 0 bridgehead atoms. The van der Waals surface area contributed by atoms with Crippen molar-refractivity contribution in [3.05, 3.63) is 0 Å². The lowest BCUT2D eigenvalue weighted by Crippen LogP contribution is -2.44. The van der Waals surface area contributed by atoms with E-state index < -0.39 is 25.8 Å². The first-order chi connectivity index (χ1) is 6.59. The Morgan fingerprint density at radius 2 is 2.88 bits per heavy atom.